The monoisotopic (exact) mass is 305 g/mol. The summed E-state index contributed by atoms with van der Waals surface area (Å²) in [4.78, 5) is 23.9. The van der Waals surface area contributed by atoms with Crippen molar-refractivity contribution >= 4 is 11.9 Å². The van der Waals surface area contributed by atoms with E-state index in [9.17, 15) is 14.7 Å². The number of nitrogens with one attached hydrogen (secondary N) is 1. The molecule has 1 aliphatic rings. The van der Waals surface area contributed by atoms with Gasteiger partial charge in [0, 0.05) is 0 Å². The Balaban J connectivity index is 2.11. The number of rotatable bonds is 7. The Morgan fingerprint density at radius 3 is 2.27 bits per heavy atom. The van der Waals surface area contributed by atoms with E-state index in [1.54, 1.807) is 7.11 Å². The first-order valence-electron chi connectivity index (χ1n) is 7.57. The van der Waals surface area contributed by atoms with E-state index in [2.05, 4.69) is 5.32 Å². The third-order valence-corrected chi connectivity index (χ3v) is 4.14. The number of carbonyl (C=O) groups is 2. The van der Waals surface area contributed by atoms with Crippen LogP contribution in [0.4, 0.5) is 0 Å². The lowest BCUT2D eigenvalue weighted by atomic mass is 9.94. The van der Waals surface area contributed by atoms with E-state index in [1.165, 1.54) is 0 Å². The maximum absolute atomic E-state index is 12.6. The van der Waals surface area contributed by atoms with Crippen LogP contribution in [0.2, 0.25) is 0 Å². The van der Waals surface area contributed by atoms with E-state index >= 15 is 0 Å². The quantitative estimate of drug-likeness (QED) is 0.811. The molecule has 1 saturated carbocycles. The molecule has 0 heterocycles. The number of aliphatic carboxylic acids is 1. The van der Waals surface area contributed by atoms with Gasteiger partial charge >= 0.3 is 5.97 Å². The molecule has 0 radical (unpaired) electrons. The van der Waals surface area contributed by atoms with Crippen LogP contribution in [0.1, 0.15) is 38.7 Å². The Bertz CT molecular complexity index is 546. The number of amides is 1. The van der Waals surface area contributed by atoms with Gasteiger partial charge in [-0.05, 0) is 42.9 Å². The van der Waals surface area contributed by atoms with Gasteiger partial charge in [-0.2, -0.15) is 0 Å². The largest absolute Gasteiger partial charge is 0.497 e. The summed E-state index contributed by atoms with van der Waals surface area (Å²) < 4.78 is 5.12. The first-order valence-corrected chi connectivity index (χ1v) is 7.57. The van der Waals surface area contributed by atoms with Crippen molar-refractivity contribution in [3.05, 3.63) is 29.8 Å². The van der Waals surface area contributed by atoms with Gasteiger partial charge in [0.15, 0.2) is 0 Å². The molecule has 22 heavy (non-hydrogen) atoms. The Hall–Kier alpha value is -2.04. The first-order chi connectivity index (χ1) is 10.4. The minimum Gasteiger partial charge on any atom is -0.497 e. The van der Waals surface area contributed by atoms with Gasteiger partial charge in [0.1, 0.15) is 11.8 Å². The van der Waals surface area contributed by atoms with E-state index in [0.29, 0.717) is 6.42 Å². The van der Waals surface area contributed by atoms with Crippen LogP contribution < -0.4 is 10.1 Å². The maximum Gasteiger partial charge on any atom is 0.326 e. The van der Waals surface area contributed by atoms with Crippen molar-refractivity contribution in [1.82, 2.24) is 5.32 Å². The highest BCUT2D eigenvalue weighted by Crippen LogP contribution is 2.48. The summed E-state index contributed by atoms with van der Waals surface area (Å²) in [5.41, 5.74) is 0.344. The lowest BCUT2D eigenvalue weighted by Crippen LogP contribution is -2.46. The summed E-state index contributed by atoms with van der Waals surface area (Å²) >= 11 is 0. The van der Waals surface area contributed by atoms with Crippen LogP contribution >= 0.6 is 0 Å². The second kappa shape index (κ2) is 6.38. The van der Waals surface area contributed by atoms with Crippen molar-refractivity contribution in [2.45, 2.75) is 44.6 Å². The van der Waals surface area contributed by atoms with E-state index < -0.39 is 17.4 Å². The zero-order chi connectivity index (χ0) is 16.3. The summed E-state index contributed by atoms with van der Waals surface area (Å²) in [6.45, 7) is 3.89. The summed E-state index contributed by atoms with van der Waals surface area (Å²) in [6.07, 6.45) is 1.93. The number of hydrogen-bond donors (Lipinski definition) is 2. The van der Waals surface area contributed by atoms with Crippen LogP contribution in [0.15, 0.2) is 24.3 Å². The van der Waals surface area contributed by atoms with Crippen molar-refractivity contribution in [3.8, 4) is 5.75 Å². The number of ether oxygens (including phenoxy) is 1. The average molecular weight is 305 g/mol. The Labute approximate surface area is 130 Å². The molecular formula is C17H23NO4. The molecule has 0 saturated heterocycles. The van der Waals surface area contributed by atoms with E-state index in [0.717, 1.165) is 24.2 Å². The number of carbonyl (C=O) groups excluding carboxylic acids is 1. The molecule has 0 bridgehead atoms. The molecule has 2 N–H and O–H groups in total. The number of carboxylic acid groups (broad SMARTS) is 1. The highest BCUT2D eigenvalue weighted by molar-refractivity contribution is 5.94. The molecule has 2 rings (SSSR count). The molecule has 0 unspecified atom stereocenters. The van der Waals surface area contributed by atoms with Gasteiger partial charge in [0.05, 0.1) is 12.5 Å². The maximum atomic E-state index is 12.6. The molecule has 5 heteroatoms. The van der Waals surface area contributed by atoms with Gasteiger partial charge in [-0.1, -0.05) is 26.0 Å². The fourth-order valence-electron chi connectivity index (χ4n) is 2.67. The van der Waals surface area contributed by atoms with Crippen molar-refractivity contribution in [2.75, 3.05) is 7.11 Å². The van der Waals surface area contributed by atoms with E-state index in [1.807, 2.05) is 38.1 Å². The molecule has 1 aromatic rings. The van der Waals surface area contributed by atoms with Gasteiger partial charge in [-0.25, -0.2) is 4.79 Å². The highest BCUT2D eigenvalue weighted by atomic mass is 16.5. The third-order valence-electron chi connectivity index (χ3n) is 4.14. The van der Waals surface area contributed by atoms with Crippen LogP contribution in [-0.2, 0) is 15.0 Å². The number of methoxy groups -OCH3 is 1. The van der Waals surface area contributed by atoms with Crippen LogP contribution in [0.25, 0.3) is 0 Å². The van der Waals surface area contributed by atoms with Crippen LogP contribution in [0.3, 0.4) is 0 Å². The molecule has 5 nitrogen and oxygen atoms in total. The molecule has 1 fully saturated rings. The minimum atomic E-state index is -0.979. The normalized spacial score (nSPS) is 16.9. The molecule has 1 aliphatic carbocycles. The zero-order valence-electron chi connectivity index (χ0n) is 13.3. The summed E-state index contributed by atoms with van der Waals surface area (Å²) in [5, 5.41) is 12.0. The smallest absolute Gasteiger partial charge is 0.326 e. The zero-order valence-corrected chi connectivity index (χ0v) is 13.3. The van der Waals surface area contributed by atoms with Crippen LogP contribution in [-0.4, -0.2) is 30.1 Å². The van der Waals surface area contributed by atoms with E-state index in [4.69, 9.17) is 4.74 Å². The minimum absolute atomic E-state index is 0.189. The molecule has 1 amide bonds. The van der Waals surface area contributed by atoms with Crippen molar-refractivity contribution < 1.29 is 19.4 Å². The molecule has 120 valence electrons. The first kappa shape index (κ1) is 16.3. The number of hydrogen-bond acceptors (Lipinski definition) is 3. The van der Waals surface area contributed by atoms with E-state index in [-0.39, 0.29) is 11.8 Å². The van der Waals surface area contributed by atoms with Gasteiger partial charge in [-0.15, -0.1) is 0 Å². The third kappa shape index (κ3) is 3.40. The molecular weight excluding hydrogens is 282 g/mol. The van der Waals surface area contributed by atoms with Crippen molar-refractivity contribution in [2.24, 2.45) is 5.92 Å². The Morgan fingerprint density at radius 2 is 1.86 bits per heavy atom. The van der Waals surface area contributed by atoms with Crippen molar-refractivity contribution in [3.63, 3.8) is 0 Å². The molecule has 0 aromatic heterocycles. The summed E-state index contributed by atoms with van der Waals surface area (Å²) in [6, 6.07) is 6.58. The highest BCUT2D eigenvalue weighted by Gasteiger charge is 2.51. The summed E-state index contributed by atoms with van der Waals surface area (Å²) in [5.74, 6) is -0.223. The summed E-state index contributed by atoms with van der Waals surface area (Å²) in [7, 11) is 1.60. The Morgan fingerprint density at radius 1 is 1.27 bits per heavy atom. The second-order valence-electron chi connectivity index (χ2n) is 6.30. The van der Waals surface area contributed by atoms with Gasteiger partial charge < -0.3 is 15.2 Å². The predicted molar refractivity (Wildman–Crippen MR) is 82.9 cm³/mol. The Kier molecular flexibility index (Phi) is 4.74. The second-order valence-corrected chi connectivity index (χ2v) is 6.30. The lowest BCUT2D eigenvalue weighted by molar-refractivity contribution is -0.142. The molecule has 1 aromatic carbocycles. The molecule has 0 spiro atoms. The average Bonchev–Trinajstić information content (AvgIpc) is 3.27. The van der Waals surface area contributed by atoms with Crippen LogP contribution in [0, 0.1) is 5.92 Å². The molecule has 0 aliphatic heterocycles. The number of carboxylic acids is 1. The predicted octanol–water partition coefficient (Wildman–Crippen LogP) is 2.34. The van der Waals surface area contributed by atoms with Crippen LogP contribution in [0.5, 0.6) is 5.75 Å². The van der Waals surface area contributed by atoms with Gasteiger partial charge in [0.2, 0.25) is 5.91 Å². The SMILES string of the molecule is COc1ccc(C2(C(=O)N[C@@H](CC(C)C)C(=O)O)CC2)cc1. The van der Waals surface area contributed by atoms with Gasteiger partial charge in [0.25, 0.3) is 0 Å². The fraction of sp³-hybridized carbons (Fsp3) is 0.529. The fourth-order valence-corrected chi connectivity index (χ4v) is 2.67. The standard InChI is InChI=1S/C17H23NO4/c1-11(2)10-14(15(19)20)18-16(21)17(8-9-17)12-4-6-13(22-3)7-5-12/h4-7,11,14H,8-10H2,1-3H3,(H,18,21)(H,19,20)/t14-/m0/s1. The van der Waals surface area contributed by atoms with Gasteiger partial charge in [-0.3, -0.25) is 4.79 Å². The molecule has 1 atom stereocenters. The topological polar surface area (TPSA) is 75.6 Å². The van der Waals surface area contributed by atoms with Crippen molar-refractivity contribution in [1.29, 1.82) is 0 Å². The lowest BCUT2D eigenvalue weighted by Gasteiger charge is -2.21. The number of benzene rings is 1.